The standard InChI is InChI=1S/C10H15NO2S/c1-3-11(2)10(13)8-5-7-14-9(8)4-6-12/h4,6,8H,3,5,7H2,1-2H3/b9-4+. The Morgan fingerprint density at radius 2 is 2.43 bits per heavy atom. The lowest BCUT2D eigenvalue weighted by atomic mass is 10.0. The fraction of sp³-hybridized carbons (Fsp3) is 0.600. The van der Waals surface area contributed by atoms with Crippen molar-refractivity contribution in [3.63, 3.8) is 0 Å². The van der Waals surface area contributed by atoms with Crippen LogP contribution in [0.15, 0.2) is 11.0 Å². The van der Waals surface area contributed by atoms with E-state index < -0.39 is 0 Å². The molecule has 1 saturated heterocycles. The molecule has 0 aromatic rings. The predicted octanol–water partition coefficient (Wildman–Crippen LogP) is 1.30. The highest BCUT2D eigenvalue weighted by molar-refractivity contribution is 8.03. The zero-order valence-corrected chi connectivity index (χ0v) is 9.34. The predicted molar refractivity (Wildman–Crippen MR) is 58.0 cm³/mol. The van der Waals surface area contributed by atoms with Crippen LogP contribution in [0, 0.1) is 5.92 Å². The van der Waals surface area contributed by atoms with E-state index in [2.05, 4.69) is 0 Å². The highest BCUT2D eigenvalue weighted by Crippen LogP contribution is 2.36. The van der Waals surface area contributed by atoms with Gasteiger partial charge in [-0.05, 0) is 25.2 Å². The molecule has 1 fully saturated rings. The Morgan fingerprint density at radius 3 is 3.00 bits per heavy atom. The summed E-state index contributed by atoms with van der Waals surface area (Å²) in [5.41, 5.74) is 0. The normalized spacial score (nSPS) is 23.9. The first-order valence-electron chi connectivity index (χ1n) is 4.73. The van der Waals surface area contributed by atoms with E-state index in [1.807, 2.05) is 6.92 Å². The molecule has 1 aliphatic rings. The van der Waals surface area contributed by atoms with E-state index in [4.69, 9.17) is 0 Å². The Hall–Kier alpha value is -0.770. The van der Waals surface area contributed by atoms with Crippen LogP contribution in [0.2, 0.25) is 0 Å². The van der Waals surface area contributed by atoms with Crippen LogP contribution < -0.4 is 0 Å². The summed E-state index contributed by atoms with van der Waals surface area (Å²) in [6.45, 7) is 2.66. The number of aldehydes is 1. The van der Waals surface area contributed by atoms with Crippen LogP contribution in [0.1, 0.15) is 13.3 Å². The summed E-state index contributed by atoms with van der Waals surface area (Å²) in [5, 5.41) is 0. The molecule has 1 heterocycles. The maximum absolute atomic E-state index is 11.8. The zero-order chi connectivity index (χ0) is 10.6. The van der Waals surface area contributed by atoms with Crippen LogP contribution in [0.5, 0.6) is 0 Å². The summed E-state index contributed by atoms with van der Waals surface area (Å²) in [6, 6.07) is 0. The van der Waals surface area contributed by atoms with Gasteiger partial charge in [-0.15, -0.1) is 11.8 Å². The smallest absolute Gasteiger partial charge is 0.230 e. The maximum atomic E-state index is 11.8. The number of allylic oxidation sites excluding steroid dienone is 1. The highest BCUT2D eigenvalue weighted by Gasteiger charge is 2.29. The van der Waals surface area contributed by atoms with E-state index in [1.165, 1.54) is 6.08 Å². The third kappa shape index (κ3) is 2.38. The Labute approximate surface area is 88.5 Å². The van der Waals surface area contributed by atoms with Crippen molar-refractivity contribution in [2.45, 2.75) is 13.3 Å². The third-order valence-electron chi connectivity index (χ3n) is 2.40. The molecule has 1 aliphatic heterocycles. The van der Waals surface area contributed by atoms with Crippen LogP contribution in [-0.4, -0.2) is 36.4 Å². The Bertz CT molecular complexity index is 263. The number of hydrogen-bond donors (Lipinski definition) is 0. The lowest BCUT2D eigenvalue weighted by molar-refractivity contribution is -0.132. The Kier molecular flexibility index (Phi) is 4.20. The van der Waals surface area contributed by atoms with Crippen LogP contribution >= 0.6 is 11.8 Å². The first-order valence-corrected chi connectivity index (χ1v) is 5.72. The third-order valence-corrected chi connectivity index (χ3v) is 3.59. The number of hydrogen-bond acceptors (Lipinski definition) is 3. The summed E-state index contributed by atoms with van der Waals surface area (Å²) in [5.74, 6) is 0.994. The maximum Gasteiger partial charge on any atom is 0.230 e. The van der Waals surface area contributed by atoms with E-state index >= 15 is 0 Å². The van der Waals surface area contributed by atoms with Crippen LogP contribution in [0.25, 0.3) is 0 Å². The van der Waals surface area contributed by atoms with Crippen molar-refractivity contribution in [2.24, 2.45) is 5.92 Å². The zero-order valence-electron chi connectivity index (χ0n) is 8.53. The molecule has 1 unspecified atom stereocenters. The molecule has 0 radical (unpaired) electrons. The molecule has 0 spiro atoms. The molecule has 0 saturated carbocycles. The van der Waals surface area contributed by atoms with Crippen LogP contribution in [0.4, 0.5) is 0 Å². The molecule has 14 heavy (non-hydrogen) atoms. The second-order valence-corrected chi connectivity index (χ2v) is 4.42. The molecule has 3 nitrogen and oxygen atoms in total. The summed E-state index contributed by atoms with van der Waals surface area (Å²) in [4.78, 5) is 24.8. The lowest BCUT2D eigenvalue weighted by Crippen LogP contribution is -2.32. The van der Waals surface area contributed by atoms with Crippen molar-refractivity contribution in [2.75, 3.05) is 19.3 Å². The molecule has 1 atom stereocenters. The van der Waals surface area contributed by atoms with Gasteiger partial charge in [-0.2, -0.15) is 0 Å². The van der Waals surface area contributed by atoms with Gasteiger partial charge in [0.15, 0.2) is 0 Å². The molecule has 4 heteroatoms. The largest absolute Gasteiger partial charge is 0.345 e. The number of nitrogens with zero attached hydrogens (tertiary/aromatic N) is 1. The van der Waals surface area contributed by atoms with E-state index in [0.29, 0.717) is 6.54 Å². The average molecular weight is 213 g/mol. The van der Waals surface area contributed by atoms with Crippen molar-refractivity contribution < 1.29 is 9.59 Å². The fourth-order valence-corrected chi connectivity index (χ4v) is 2.60. The first-order chi connectivity index (χ1) is 6.70. The van der Waals surface area contributed by atoms with Gasteiger partial charge in [-0.3, -0.25) is 9.59 Å². The number of rotatable bonds is 3. The van der Waals surface area contributed by atoms with E-state index in [-0.39, 0.29) is 11.8 Å². The van der Waals surface area contributed by atoms with Crippen molar-refractivity contribution in [1.29, 1.82) is 0 Å². The van der Waals surface area contributed by atoms with E-state index in [9.17, 15) is 9.59 Å². The van der Waals surface area contributed by atoms with Crippen molar-refractivity contribution in [3.05, 3.63) is 11.0 Å². The molecule has 78 valence electrons. The number of thioether (sulfide) groups is 1. The fourth-order valence-electron chi connectivity index (χ4n) is 1.44. The van der Waals surface area contributed by atoms with Gasteiger partial charge in [0.2, 0.25) is 5.91 Å². The average Bonchev–Trinajstić information content (AvgIpc) is 2.64. The van der Waals surface area contributed by atoms with Gasteiger partial charge in [-0.25, -0.2) is 0 Å². The molecule has 0 aromatic heterocycles. The van der Waals surface area contributed by atoms with E-state index in [0.717, 1.165) is 23.4 Å². The van der Waals surface area contributed by atoms with Crippen LogP contribution in [-0.2, 0) is 9.59 Å². The molecule has 0 aliphatic carbocycles. The monoisotopic (exact) mass is 213 g/mol. The molecule has 1 rings (SSSR count). The number of amides is 1. The molecule has 1 amide bonds. The number of carbonyl (C=O) groups excluding carboxylic acids is 2. The van der Waals surface area contributed by atoms with Crippen molar-refractivity contribution in [1.82, 2.24) is 4.90 Å². The Balaban J connectivity index is 2.71. The van der Waals surface area contributed by atoms with Gasteiger partial charge in [0.05, 0.1) is 5.92 Å². The molecule has 0 N–H and O–H groups in total. The van der Waals surface area contributed by atoms with Crippen molar-refractivity contribution in [3.8, 4) is 0 Å². The van der Waals surface area contributed by atoms with Gasteiger partial charge in [0, 0.05) is 18.5 Å². The van der Waals surface area contributed by atoms with Gasteiger partial charge >= 0.3 is 0 Å². The van der Waals surface area contributed by atoms with Crippen LogP contribution in [0.3, 0.4) is 0 Å². The molecule has 0 bridgehead atoms. The van der Waals surface area contributed by atoms with Gasteiger partial charge in [0.25, 0.3) is 0 Å². The Morgan fingerprint density at radius 1 is 1.71 bits per heavy atom. The topological polar surface area (TPSA) is 37.4 Å². The molecular formula is C10H15NO2S. The minimum Gasteiger partial charge on any atom is -0.345 e. The lowest BCUT2D eigenvalue weighted by Gasteiger charge is -2.19. The van der Waals surface area contributed by atoms with Gasteiger partial charge < -0.3 is 4.90 Å². The second-order valence-electron chi connectivity index (χ2n) is 3.25. The summed E-state index contributed by atoms with van der Waals surface area (Å²) in [7, 11) is 1.80. The minimum atomic E-state index is -0.0739. The van der Waals surface area contributed by atoms with Crippen molar-refractivity contribution >= 4 is 24.0 Å². The first kappa shape index (κ1) is 11.3. The molecular weight excluding hydrogens is 198 g/mol. The van der Waals surface area contributed by atoms with E-state index in [1.54, 1.807) is 23.7 Å². The van der Waals surface area contributed by atoms with Gasteiger partial charge in [-0.1, -0.05) is 0 Å². The SMILES string of the molecule is CCN(C)C(=O)C1CCS/C1=C/C=O. The minimum absolute atomic E-state index is 0.0739. The summed E-state index contributed by atoms with van der Waals surface area (Å²) >= 11 is 1.61. The highest BCUT2D eigenvalue weighted by atomic mass is 32.2. The van der Waals surface area contributed by atoms with Gasteiger partial charge in [0.1, 0.15) is 6.29 Å². The summed E-state index contributed by atoms with van der Waals surface area (Å²) < 4.78 is 0. The summed E-state index contributed by atoms with van der Waals surface area (Å²) in [6.07, 6.45) is 3.14. The second kappa shape index (κ2) is 5.20. The number of carbonyl (C=O) groups is 2. The quantitative estimate of drug-likeness (QED) is 0.524. The molecule has 0 aromatic carbocycles.